The lowest BCUT2D eigenvalue weighted by Crippen LogP contribution is -2.32. The summed E-state index contributed by atoms with van der Waals surface area (Å²) in [6.07, 6.45) is 7.74. The smallest absolute Gasteiger partial charge is 0.253 e. The monoisotopic (exact) mass is 424 g/mol. The molecule has 140 valence electrons. The quantitative estimate of drug-likeness (QED) is 0.469. The van der Waals surface area contributed by atoms with E-state index in [1.54, 1.807) is 0 Å². The SMILES string of the molecule is CCCCNC(=O)c1cccc2c1NC(c1ccc(Br)cc1)C1CC=CC21. The van der Waals surface area contributed by atoms with Gasteiger partial charge in [-0.05, 0) is 48.1 Å². The molecule has 4 rings (SSSR count). The molecule has 2 aliphatic rings. The predicted molar refractivity (Wildman–Crippen MR) is 114 cm³/mol. The van der Waals surface area contributed by atoms with Crippen LogP contribution in [0.4, 0.5) is 5.69 Å². The number of anilines is 1. The number of amides is 1. The van der Waals surface area contributed by atoms with Gasteiger partial charge in [0.1, 0.15) is 0 Å². The van der Waals surface area contributed by atoms with Crippen molar-refractivity contribution in [3.05, 3.63) is 75.8 Å². The number of benzene rings is 2. The van der Waals surface area contributed by atoms with Crippen LogP contribution in [0, 0.1) is 5.92 Å². The van der Waals surface area contributed by atoms with Gasteiger partial charge in [-0.15, -0.1) is 0 Å². The largest absolute Gasteiger partial charge is 0.377 e. The normalized spacial score (nSPS) is 22.7. The first-order valence-electron chi connectivity index (χ1n) is 9.79. The Labute approximate surface area is 169 Å². The van der Waals surface area contributed by atoms with Gasteiger partial charge in [-0.1, -0.05) is 65.7 Å². The van der Waals surface area contributed by atoms with E-state index in [9.17, 15) is 4.79 Å². The number of carbonyl (C=O) groups is 1. The average molecular weight is 425 g/mol. The summed E-state index contributed by atoms with van der Waals surface area (Å²) in [5, 5.41) is 6.80. The lowest BCUT2D eigenvalue weighted by molar-refractivity contribution is 0.0953. The van der Waals surface area contributed by atoms with E-state index in [1.807, 2.05) is 12.1 Å². The summed E-state index contributed by atoms with van der Waals surface area (Å²) in [6.45, 7) is 2.86. The van der Waals surface area contributed by atoms with E-state index in [1.165, 1.54) is 11.1 Å². The topological polar surface area (TPSA) is 41.1 Å². The van der Waals surface area contributed by atoms with Gasteiger partial charge in [0, 0.05) is 16.9 Å². The summed E-state index contributed by atoms with van der Waals surface area (Å²) < 4.78 is 1.08. The Morgan fingerprint density at radius 3 is 2.81 bits per heavy atom. The fourth-order valence-corrected chi connectivity index (χ4v) is 4.55. The van der Waals surface area contributed by atoms with Crippen molar-refractivity contribution in [3.63, 3.8) is 0 Å². The van der Waals surface area contributed by atoms with Crippen molar-refractivity contribution in [3.8, 4) is 0 Å². The first-order chi connectivity index (χ1) is 13.2. The van der Waals surface area contributed by atoms with Crippen LogP contribution in [0.25, 0.3) is 0 Å². The lowest BCUT2D eigenvalue weighted by Gasteiger charge is -2.38. The highest BCUT2D eigenvalue weighted by Crippen LogP contribution is 2.50. The lowest BCUT2D eigenvalue weighted by atomic mass is 9.76. The van der Waals surface area contributed by atoms with Crippen LogP contribution in [0.15, 0.2) is 59.1 Å². The van der Waals surface area contributed by atoms with Crippen molar-refractivity contribution >= 4 is 27.5 Å². The molecule has 3 nitrogen and oxygen atoms in total. The van der Waals surface area contributed by atoms with Crippen LogP contribution < -0.4 is 10.6 Å². The summed E-state index contributed by atoms with van der Waals surface area (Å²) in [6, 6.07) is 14.8. The molecule has 0 fully saturated rings. The van der Waals surface area contributed by atoms with Crippen molar-refractivity contribution < 1.29 is 4.79 Å². The molecule has 2 aromatic rings. The number of carbonyl (C=O) groups excluding carboxylic acids is 1. The number of rotatable bonds is 5. The Kier molecular flexibility index (Phi) is 5.35. The van der Waals surface area contributed by atoms with Gasteiger partial charge in [0.2, 0.25) is 0 Å². The van der Waals surface area contributed by atoms with E-state index in [0.29, 0.717) is 11.8 Å². The molecule has 1 aliphatic heterocycles. The van der Waals surface area contributed by atoms with Crippen molar-refractivity contribution in [2.24, 2.45) is 5.92 Å². The van der Waals surface area contributed by atoms with Crippen molar-refractivity contribution in [2.75, 3.05) is 11.9 Å². The Bertz CT molecular complexity index is 859. The predicted octanol–water partition coefficient (Wildman–Crippen LogP) is 5.81. The van der Waals surface area contributed by atoms with Gasteiger partial charge in [-0.3, -0.25) is 4.79 Å². The highest BCUT2D eigenvalue weighted by Gasteiger charge is 2.39. The molecule has 3 atom stereocenters. The molecule has 0 saturated heterocycles. The zero-order valence-electron chi connectivity index (χ0n) is 15.5. The number of para-hydroxylation sites is 1. The molecule has 3 unspecified atom stereocenters. The van der Waals surface area contributed by atoms with Gasteiger partial charge in [0.15, 0.2) is 0 Å². The van der Waals surface area contributed by atoms with Gasteiger partial charge < -0.3 is 10.6 Å². The van der Waals surface area contributed by atoms with Crippen molar-refractivity contribution in [2.45, 2.75) is 38.1 Å². The third-order valence-corrected chi connectivity index (χ3v) is 6.22. The molecule has 1 amide bonds. The maximum absolute atomic E-state index is 12.8. The van der Waals surface area contributed by atoms with E-state index in [0.717, 1.165) is 41.5 Å². The molecule has 0 aromatic heterocycles. The van der Waals surface area contributed by atoms with Crippen LogP contribution in [-0.2, 0) is 0 Å². The molecule has 2 N–H and O–H groups in total. The van der Waals surface area contributed by atoms with Crippen LogP contribution in [0.3, 0.4) is 0 Å². The fourth-order valence-electron chi connectivity index (χ4n) is 4.28. The molecule has 1 heterocycles. The average Bonchev–Trinajstić information content (AvgIpc) is 3.18. The fraction of sp³-hybridized carbons (Fsp3) is 0.348. The van der Waals surface area contributed by atoms with Crippen LogP contribution in [0.5, 0.6) is 0 Å². The second-order valence-electron chi connectivity index (χ2n) is 7.41. The number of fused-ring (bicyclic) bond motifs is 3. The van der Waals surface area contributed by atoms with Crippen molar-refractivity contribution in [1.29, 1.82) is 0 Å². The van der Waals surface area contributed by atoms with Gasteiger partial charge in [0.25, 0.3) is 5.91 Å². The molecule has 27 heavy (non-hydrogen) atoms. The maximum Gasteiger partial charge on any atom is 0.253 e. The molecule has 1 aliphatic carbocycles. The third kappa shape index (κ3) is 3.55. The van der Waals surface area contributed by atoms with E-state index in [-0.39, 0.29) is 11.9 Å². The maximum atomic E-state index is 12.8. The summed E-state index contributed by atoms with van der Waals surface area (Å²) in [7, 11) is 0. The van der Waals surface area contributed by atoms with Crippen molar-refractivity contribution in [1.82, 2.24) is 5.32 Å². The standard InChI is InChI=1S/C23H25BrN2O/c1-2-3-14-25-23(27)20-9-5-8-19-17-6-4-7-18(17)21(26-22(19)20)15-10-12-16(24)13-11-15/h4-6,8-13,17-18,21,26H,2-3,7,14H2,1H3,(H,25,27). The summed E-state index contributed by atoms with van der Waals surface area (Å²) in [5.74, 6) is 0.859. The Morgan fingerprint density at radius 1 is 1.22 bits per heavy atom. The minimum atomic E-state index is 0.0165. The van der Waals surface area contributed by atoms with E-state index < -0.39 is 0 Å². The summed E-state index contributed by atoms with van der Waals surface area (Å²) >= 11 is 3.53. The number of hydrogen-bond acceptors (Lipinski definition) is 2. The summed E-state index contributed by atoms with van der Waals surface area (Å²) in [5.41, 5.74) is 4.26. The minimum Gasteiger partial charge on any atom is -0.377 e. The minimum absolute atomic E-state index is 0.0165. The van der Waals surface area contributed by atoms with E-state index >= 15 is 0 Å². The molecule has 0 radical (unpaired) electrons. The van der Waals surface area contributed by atoms with Crippen LogP contribution in [0.1, 0.15) is 59.6 Å². The second kappa shape index (κ2) is 7.89. The zero-order chi connectivity index (χ0) is 18.8. The first-order valence-corrected chi connectivity index (χ1v) is 10.6. The van der Waals surface area contributed by atoms with Crippen LogP contribution in [0.2, 0.25) is 0 Å². The number of allylic oxidation sites excluding steroid dienone is 2. The number of nitrogens with one attached hydrogen (secondary N) is 2. The second-order valence-corrected chi connectivity index (χ2v) is 8.32. The molecule has 4 heteroatoms. The Morgan fingerprint density at radius 2 is 2.04 bits per heavy atom. The number of unbranched alkanes of at least 4 members (excludes halogenated alkanes) is 1. The molecular formula is C23H25BrN2O. The zero-order valence-corrected chi connectivity index (χ0v) is 17.1. The molecule has 0 saturated carbocycles. The van der Waals surface area contributed by atoms with Gasteiger partial charge in [-0.25, -0.2) is 0 Å². The Hall–Kier alpha value is -2.07. The molecular weight excluding hydrogens is 400 g/mol. The summed E-state index contributed by atoms with van der Waals surface area (Å²) in [4.78, 5) is 12.8. The molecule has 0 spiro atoms. The Balaban J connectivity index is 1.70. The first kappa shape index (κ1) is 18.3. The van der Waals surface area contributed by atoms with Crippen LogP contribution >= 0.6 is 15.9 Å². The van der Waals surface area contributed by atoms with E-state index in [2.05, 4.69) is 76.0 Å². The number of halogens is 1. The van der Waals surface area contributed by atoms with Gasteiger partial charge >= 0.3 is 0 Å². The van der Waals surface area contributed by atoms with Crippen LogP contribution in [-0.4, -0.2) is 12.5 Å². The highest BCUT2D eigenvalue weighted by atomic mass is 79.9. The van der Waals surface area contributed by atoms with E-state index in [4.69, 9.17) is 0 Å². The van der Waals surface area contributed by atoms with Gasteiger partial charge in [0.05, 0.1) is 17.3 Å². The van der Waals surface area contributed by atoms with Gasteiger partial charge in [-0.2, -0.15) is 0 Å². The number of hydrogen-bond donors (Lipinski definition) is 2. The molecule has 2 aromatic carbocycles. The molecule has 0 bridgehead atoms. The third-order valence-electron chi connectivity index (χ3n) is 5.69. The highest BCUT2D eigenvalue weighted by molar-refractivity contribution is 9.10.